The number of nitrogens with zero attached hydrogens (tertiary/aromatic N) is 2. The van der Waals surface area contributed by atoms with Crippen molar-refractivity contribution in [2.45, 2.75) is 29.6 Å². The molecule has 4 bridgehead atoms. The van der Waals surface area contributed by atoms with Crippen LogP contribution in [-0.4, -0.2) is 46.4 Å². The summed E-state index contributed by atoms with van der Waals surface area (Å²) in [6, 6.07) is 10.2. The minimum absolute atomic E-state index is 0.0115. The average Bonchev–Trinajstić information content (AvgIpc) is 2.86. The summed E-state index contributed by atoms with van der Waals surface area (Å²) in [6.45, 7) is 2.32. The van der Waals surface area contributed by atoms with Gasteiger partial charge in [-0.3, -0.25) is 0 Å². The van der Waals surface area contributed by atoms with Crippen molar-refractivity contribution in [3.05, 3.63) is 65.6 Å². The minimum Gasteiger partial charge on any atom is -0.369 e. The standard InChI is InChI=1S/C24H25FN6O4S2/c1-17-9-10-21(25)22(14-17)37(34,35)29-12-3-2-6-18-16-27-24-30-19-7-4-8-20(15-19)36(32,33)28-13-5-11-26-23(18)31-24/h4,7-10,14-16,28-29H,3,5,11-13H2,1H3,(H2,26,27,30,31). The first kappa shape index (κ1) is 26.5. The van der Waals surface area contributed by atoms with E-state index < -0.39 is 30.8 Å². The van der Waals surface area contributed by atoms with Gasteiger partial charge in [-0.25, -0.2) is 35.7 Å². The number of aromatic nitrogens is 2. The van der Waals surface area contributed by atoms with Crippen LogP contribution in [-0.2, 0) is 20.0 Å². The van der Waals surface area contributed by atoms with Gasteiger partial charge in [0.15, 0.2) is 0 Å². The second-order valence-corrected chi connectivity index (χ2v) is 11.7. The van der Waals surface area contributed by atoms with Crippen LogP contribution >= 0.6 is 0 Å². The van der Waals surface area contributed by atoms with Crippen molar-refractivity contribution in [3.63, 3.8) is 0 Å². The van der Waals surface area contributed by atoms with Crippen molar-refractivity contribution in [3.8, 4) is 11.8 Å². The SMILES string of the molecule is Cc1ccc(F)c(S(=O)(=O)NCCC#Cc2cnc3nc2NCCCNS(=O)(=O)c2cccc(c2)N3)c1. The molecular formula is C24H25FN6O4S2. The zero-order valence-electron chi connectivity index (χ0n) is 19.9. The summed E-state index contributed by atoms with van der Waals surface area (Å²) >= 11 is 0. The Hall–Kier alpha value is -3.57. The van der Waals surface area contributed by atoms with Crippen molar-refractivity contribution < 1.29 is 21.2 Å². The van der Waals surface area contributed by atoms with Gasteiger partial charge in [0.25, 0.3) is 0 Å². The summed E-state index contributed by atoms with van der Waals surface area (Å²) < 4.78 is 68.7. The third-order valence-corrected chi connectivity index (χ3v) is 8.20. The van der Waals surface area contributed by atoms with Crippen LogP contribution in [0.15, 0.2) is 58.5 Å². The first-order valence-corrected chi connectivity index (χ1v) is 14.3. The predicted molar refractivity (Wildman–Crippen MR) is 138 cm³/mol. The van der Waals surface area contributed by atoms with Crippen LogP contribution < -0.4 is 20.1 Å². The Labute approximate surface area is 215 Å². The molecule has 0 saturated heterocycles. The Kier molecular flexibility index (Phi) is 8.03. The van der Waals surface area contributed by atoms with Crippen LogP contribution in [0.3, 0.4) is 0 Å². The minimum atomic E-state index is -4.01. The molecule has 0 atom stereocenters. The van der Waals surface area contributed by atoms with E-state index in [9.17, 15) is 21.2 Å². The summed E-state index contributed by atoms with van der Waals surface area (Å²) in [6.07, 6.45) is 2.19. The van der Waals surface area contributed by atoms with Crippen LogP contribution in [0, 0.1) is 24.6 Å². The van der Waals surface area contributed by atoms with Gasteiger partial charge in [-0.15, -0.1) is 0 Å². The number of halogens is 1. The Morgan fingerprint density at radius 3 is 2.84 bits per heavy atom. The van der Waals surface area contributed by atoms with Crippen LogP contribution in [0.2, 0.25) is 0 Å². The van der Waals surface area contributed by atoms with Crippen molar-refractivity contribution in [2.75, 3.05) is 30.3 Å². The van der Waals surface area contributed by atoms with Gasteiger partial charge in [0, 0.05) is 31.7 Å². The van der Waals surface area contributed by atoms with E-state index in [2.05, 4.69) is 41.9 Å². The van der Waals surface area contributed by atoms with E-state index in [0.717, 1.165) is 6.07 Å². The molecule has 0 aliphatic carbocycles. The maximum Gasteiger partial charge on any atom is 0.243 e. The molecule has 4 rings (SSSR count). The summed E-state index contributed by atoms with van der Waals surface area (Å²) in [4.78, 5) is 8.46. The highest BCUT2D eigenvalue weighted by molar-refractivity contribution is 7.89. The fraction of sp³-hybridized carbons (Fsp3) is 0.250. The number of rotatable bonds is 4. The Bertz CT molecular complexity index is 1580. The van der Waals surface area contributed by atoms with E-state index in [1.807, 2.05) is 0 Å². The summed E-state index contributed by atoms with van der Waals surface area (Å²) in [7, 11) is -7.65. The molecule has 2 aromatic carbocycles. The molecule has 1 aromatic heterocycles. The Morgan fingerprint density at radius 1 is 1.16 bits per heavy atom. The predicted octanol–water partition coefficient (Wildman–Crippen LogP) is 2.48. The lowest BCUT2D eigenvalue weighted by Gasteiger charge is -2.10. The lowest BCUT2D eigenvalue weighted by Crippen LogP contribution is -2.26. The molecule has 1 aliphatic heterocycles. The van der Waals surface area contributed by atoms with Gasteiger partial charge in [0.1, 0.15) is 16.5 Å². The van der Waals surface area contributed by atoms with Crippen LogP contribution in [0.25, 0.3) is 0 Å². The van der Waals surface area contributed by atoms with E-state index in [1.54, 1.807) is 19.1 Å². The van der Waals surface area contributed by atoms with Crippen LogP contribution in [0.1, 0.15) is 24.0 Å². The molecule has 10 nitrogen and oxygen atoms in total. The molecule has 3 aromatic rings. The summed E-state index contributed by atoms with van der Waals surface area (Å²) in [5.74, 6) is 5.69. The third kappa shape index (κ3) is 6.80. The van der Waals surface area contributed by atoms with Gasteiger partial charge in [-0.05, 0) is 49.2 Å². The topological polar surface area (TPSA) is 142 Å². The van der Waals surface area contributed by atoms with Gasteiger partial charge in [-0.2, -0.15) is 4.98 Å². The maximum absolute atomic E-state index is 14.0. The largest absolute Gasteiger partial charge is 0.369 e. The van der Waals surface area contributed by atoms with E-state index >= 15 is 0 Å². The van der Waals surface area contributed by atoms with Crippen molar-refractivity contribution in [2.24, 2.45) is 0 Å². The Balaban J connectivity index is 1.47. The zero-order valence-corrected chi connectivity index (χ0v) is 21.5. The summed E-state index contributed by atoms with van der Waals surface area (Å²) in [5, 5.41) is 6.14. The van der Waals surface area contributed by atoms with E-state index in [0.29, 0.717) is 35.6 Å². The number of fused-ring (bicyclic) bond motifs is 4. The number of sulfonamides is 2. The smallest absolute Gasteiger partial charge is 0.243 e. The van der Waals surface area contributed by atoms with E-state index in [-0.39, 0.29) is 30.4 Å². The van der Waals surface area contributed by atoms with Crippen molar-refractivity contribution >= 4 is 37.5 Å². The maximum atomic E-state index is 14.0. The first-order valence-electron chi connectivity index (χ1n) is 11.4. The third-order valence-electron chi connectivity index (χ3n) is 5.27. The van der Waals surface area contributed by atoms with Crippen molar-refractivity contribution in [1.82, 2.24) is 19.4 Å². The highest BCUT2D eigenvalue weighted by atomic mass is 32.2. The molecule has 2 heterocycles. The summed E-state index contributed by atoms with van der Waals surface area (Å²) in [5.41, 5.74) is 1.62. The molecule has 1 aliphatic rings. The second-order valence-electron chi connectivity index (χ2n) is 8.17. The second kappa shape index (κ2) is 11.2. The first-order chi connectivity index (χ1) is 17.6. The zero-order chi connectivity index (χ0) is 26.5. The Morgan fingerprint density at radius 2 is 2.00 bits per heavy atom. The average molecular weight is 545 g/mol. The number of benzene rings is 2. The molecule has 194 valence electrons. The van der Waals surface area contributed by atoms with Gasteiger partial charge in [0.05, 0.1) is 16.7 Å². The highest BCUT2D eigenvalue weighted by Crippen LogP contribution is 2.21. The molecule has 0 saturated carbocycles. The molecule has 13 heteroatoms. The van der Waals surface area contributed by atoms with Gasteiger partial charge in [-0.1, -0.05) is 24.0 Å². The van der Waals surface area contributed by atoms with Crippen LogP contribution in [0.5, 0.6) is 0 Å². The van der Waals surface area contributed by atoms with Gasteiger partial charge < -0.3 is 10.6 Å². The molecule has 37 heavy (non-hydrogen) atoms. The van der Waals surface area contributed by atoms with Gasteiger partial charge in [0.2, 0.25) is 26.0 Å². The lowest BCUT2D eigenvalue weighted by atomic mass is 10.2. The van der Waals surface area contributed by atoms with E-state index in [4.69, 9.17) is 0 Å². The monoisotopic (exact) mass is 544 g/mol. The number of nitrogens with one attached hydrogen (secondary N) is 4. The number of hydrogen-bond donors (Lipinski definition) is 4. The molecule has 4 N–H and O–H groups in total. The van der Waals surface area contributed by atoms with Crippen LogP contribution in [0.4, 0.5) is 21.8 Å². The molecule has 0 amide bonds. The normalized spacial score (nSPS) is 15.0. The van der Waals surface area contributed by atoms with Gasteiger partial charge >= 0.3 is 0 Å². The van der Waals surface area contributed by atoms with E-state index in [1.165, 1.54) is 30.5 Å². The fourth-order valence-corrected chi connectivity index (χ4v) is 5.73. The number of aryl methyl sites for hydroxylation is 1. The molecule has 0 radical (unpaired) electrons. The molecular weight excluding hydrogens is 519 g/mol. The fourth-order valence-electron chi connectivity index (χ4n) is 3.42. The van der Waals surface area contributed by atoms with Crippen molar-refractivity contribution in [1.29, 1.82) is 0 Å². The number of hydrogen-bond acceptors (Lipinski definition) is 8. The number of anilines is 3. The molecule has 0 spiro atoms. The highest BCUT2D eigenvalue weighted by Gasteiger charge is 2.18. The quantitative estimate of drug-likeness (QED) is 0.290. The molecule has 0 unspecified atom stereocenters. The lowest BCUT2D eigenvalue weighted by molar-refractivity contribution is 0.557. The molecule has 0 fully saturated rings.